The molecule has 0 aliphatic rings. The molecule has 0 aromatic heterocycles. The summed E-state index contributed by atoms with van der Waals surface area (Å²) in [6.45, 7) is 4.82. The Balaban J connectivity index is 2.16. The van der Waals surface area contributed by atoms with Crippen molar-refractivity contribution in [1.82, 2.24) is 0 Å². The number of rotatable bonds is 5. The summed E-state index contributed by atoms with van der Waals surface area (Å²) in [7, 11) is 0. The first-order chi connectivity index (χ1) is 9.60. The number of likely N-dealkylation sites (N-methyl/N-ethyl adjacent to an activating group) is 1. The average molecular weight is 271 g/mol. The monoisotopic (exact) mass is 271 g/mol. The fraction of sp³-hybridized carbons (Fsp3) is 0.235. The molecule has 2 aromatic carbocycles. The molecule has 0 spiro atoms. The maximum absolute atomic E-state index is 13.3. The van der Waals surface area contributed by atoms with Gasteiger partial charge in [-0.2, -0.15) is 0 Å². The van der Waals surface area contributed by atoms with Gasteiger partial charge < -0.3 is 4.90 Å². The van der Waals surface area contributed by atoms with E-state index < -0.39 is 0 Å². The van der Waals surface area contributed by atoms with Crippen molar-refractivity contribution in [2.24, 2.45) is 0 Å². The van der Waals surface area contributed by atoms with Gasteiger partial charge in [0.15, 0.2) is 5.78 Å². The Kier molecular flexibility index (Phi) is 4.51. The topological polar surface area (TPSA) is 20.3 Å². The molecule has 0 heterocycles. The largest absolute Gasteiger partial charge is 0.364 e. The van der Waals surface area contributed by atoms with Gasteiger partial charge in [0.2, 0.25) is 0 Å². The normalized spacial score (nSPS) is 10.3. The highest BCUT2D eigenvalue weighted by atomic mass is 19.1. The van der Waals surface area contributed by atoms with Crippen molar-refractivity contribution in [3.8, 4) is 0 Å². The number of nitrogens with zero attached hydrogens (tertiary/aromatic N) is 1. The van der Waals surface area contributed by atoms with Gasteiger partial charge in [0.25, 0.3) is 0 Å². The molecule has 0 aliphatic heterocycles. The van der Waals surface area contributed by atoms with Gasteiger partial charge in [-0.05, 0) is 38.1 Å². The molecular weight excluding hydrogens is 253 g/mol. The van der Waals surface area contributed by atoms with Gasteiger partial charge in [-0.15, -0.1) is 0 Å². The number of halogens is 1. The highest BCUT2D eigenvalue weighted by Gasteiger charge is 2.12. The van der Waals surface area contributed by atoms with Gasteiger partial charge in [0.05, 0.1) is 6.54 Å². The van der Waals surface area contributed by atoms with Crippen LogP contribution in [0, 0.1) is 12.7 Å². The first-order valence-electron chi connectivity index (χ1n) is 6.70. The lowest BCUT2D eigenvalue weighted by molar-refractivity contribution is 0.0999. The van der Waals surface area contributed by atoms with Gasteiger partial charge in [-0.3, -0.25) is 4.79 Å². The van der Waals surface area contributed by atoms with Crippen molar-refractivity contribution in [2.75, 3.05) is 18.0 Å². The third-order valence-corrected chi connectivity index (χ3v) is 3.23. The van der Waals surface area contributed by atoms with E-state index in [4.69, 9.17) is 0 Å². The zero-order valence-corrected chi connectivity index (χ0v) is 11.8. The standard InChI is InChI=1S/C17H18FNO/c1-3-19(16-9-5-8-15(18)11-16)12-17(20)14-7-4-6-13(2)10-14/h4-11H,3,12H2,1-2H3. The Labute approximate surface area is 118 Å². The first-order valence-corrected chi connectivity index (χ1v) is 6.70. The molecule has 0 saturated heterocycles. The zero-order chi connectivity index (χ0) is 14.5. The summed E-state index contributed by atoms with van der Waals surface area (Å²) in [5, 5.41) is 0. The maximum Gasteiger partial charge on any atom is 0.182 e. The summed E-state index contributed by atoms with van der Waals surface area (Å²) in [4.78, 5) is 14.2. The Bertz CT molecular complexity index is 609. The summed E-state index contributed by atoms with van der Waals surface area (Å²) in [6, 6.07) is 13.9. The molecule has 0 amide bonds. The number of anilines is 1. The van der Waals surface area contributed by atoms with Gasteiger partial charge in [-0.1, -0.05) is 29.8 Å². The number of carbonyl (C=O) groups is 1. The third kappa shape index (κ3) is 3.44. The summed E-state index contributed by atoms with van der Waals surface area (Å²) in [5.41, 5.74) is 2.48. The van der Waals surface area contributed by atoms with E-state index in [1.54, 1.807) is 6.07 Å². The smallest absolute Gasteiger partial charge is 0.182 e. The lowest BCUT2D eigenvalue weighted by Crippen LogP contribution is -2.29. The van der Waals surface area contributed by atoms with Crippen LogP contribution in [0.1, 0.15) is 22.8 Å². The predicted molar refractivity (Wildman–Crippen MR) is 79.8 cm³/mol. The molecule has 2 nitrogen and oxygen atoms in total. The fourth-order valence-electron chi connectivity index (χ4n) is 2.14. The molecular formula is C17H18FNO. The van der Waals surface area contributed by atoms with Crippen LogP contribution in [0.2, 0.25) is 0 Å². The van der Waals surface area contributed by atoms with E-state index in [1.165, 1.54) is 12.1 Å². The van der Waals surface area contributed by atoms with Crippen molar-refractivity contribution < 1.29 is 9.18 Å². The SMILES string of the molecule is CCN(CC(=O)c1cccc(C)c1)c1cccc(F)c1. The van der Waals surface area contributed by atoms with Crippen LogP contribution in [0.5, 0.6) is 0 Å². The number of benzene rings is 2. The second-order valence-electron chi connectivity index (χ2n) is 4.79. The molecule has 0 atom stereocenters. The van der Waals surface area contributed by atoms with Crippen LogP contribution >= 0.6 is 0 Å². The van der Waals surface area contributed by atoms with E-state index >= 15 is 0 Å². The Morgan fingerprint density at radius 2 is 1.90 bits per heavy atom. The number of hydrogen-bond acceptors (Lipinski definition) is 2. The lowest BCUT2D eigenvalue weighted by Gasteiger charge is -2.22. The van der Waals surface area contributed by atoms with Gasteiger partial charge in [0, 0.05) is 17.8 Å². The number of hydrogen-bond donors (Lipinski definition) is 0. The number of aryl methyl sites for hydroxylation is 1. The van der Waals surface area contributed by atoms with Gasteiger partial charge in [0.1, 0.15) is 5.82 Å². The quantitative estimate of drug-likeness (QED) is 0.770. The molecule has 0 bridgehead atoms. The molecule has 104 valence electrons. The molecule has 20 heavy (non-hydrogen) atoms. The van der Waals surface area contributed by atoms with Gasteiger partial charge in [-0.25, -0.2) is 4.39 Å². The molecule has 0 unspecified atom stereocenters. The Morgan fingerprint density at radius 3 is 2.55 bits per heavy atom. The second-order valence-corrected chi connectivity index (χ2v) is 4.79. The molecule has 0 fully saturated rings. The highest BCUT2D eigenvalue weighted by Crippen LogP contribution is 2.16. The predicted octanol–water partition coefficient (Wildman–Crippen LogP) is 3.84. The minimum absolute atomic E-state index is 0.0415. The average Bonchev–Trinajstić information content (AvgIpc) is 2.44. The van der Waals surface area contributed by atoms with Crippen LogP contribution in [0.4, 0.5) is 10.1 Å². The summed E-state index contributed by atoms with van der Waals surface area (Å²) < 4.78 is 13.3. The third-order valence-electron chi connectivity index (χ3n) is 3.23. The molecule has 0 aliphatic carbocycles. The van der Waals surface area contributed by atoms with Crippen molar-refractivity contribution >= 4 is 11.5 Å². The number of ketones is 1. The van der Waals surface area contributed by atoms with Crippen LogP contribution in [0.25, 0.3) is 0 Å². The van der Waals surface area contributed by atoms with Crippen LogP contribution < -0.4 is 4.90 Å². The molecule has 0 saturated carbocycles. The number of Topliss-reactive ketones (excluding diaryl/α,β-unsaturated/α-hetero) is 1. The van der Waals surface area contributed by atoms with E-state index in [9.17, 15) is 9.18 Å². The molecule has 0 N–H and O–H groups in total. The maximum atomic E-state index is 13.3. The summed E-state index contributed by atoms with van der Waals surface area (Å²) in [5.74, 6) is -0.247. The van der Waals surface area contributed by atoms with Crippen molar-refractivity contribution in [2.45, 2.75) is 13.8 Å². The van der Waals surface area contributed by atoms with Crippen LogP contribution in [-0.4, -0.2) is 18.9 Å². The van der Waals surface area contributed by atoms with Crippen LogP contribution in [-0.2, 0) is 0 Å². The van der Waals surface area contributed by atoms with Crippen LogP contribution in [0.3, 0.4) is 0 Å². The van der Waals surface area contributed by atoms with E-state index in [1.807, 2.05) is 49.1 Å². The fourth-order valence-corrected chi connectivity index (χ4v) is 2.14. The van der Waals surface area contributed by atoms with E-state index in [0.29, 0.717) is 12.1 Å². The zero-order valence-electron chi connectivity index (χ0n) is 11.8. The first kappa shape index (κ1) is 14.3. The van der Waals surface area contributed by atoms with Gasteiger partial charge >= 0.3 is 0 Å². The van der Waals surface area contributed by atoms with Crippen molar-refractivity contribution in [1.29, 1.82) is 0 Å². The molecule has 3 heteroatoms. The highest BCUT2D eigenvalue weighted by molar-refractivity contribution is 5.99. The summed E-state index contributed by atoms with van der Waals surface area (Å²) >= 11 is 0. The lowest BCUT2D eigenvalue weighted by atomic mass is 10.1. The number of carbonyl (C=O) groups excluding carboxylic acids is 1. The Morgan fingerprint density at radius 1 is 1.15 bits per heavy atom. The second kappa shape index (κ2) is 6.33. The summed E-state index contributed by atoms with van der Waals surface area (Å²) in [6.07, 6.45) is 0. The van der Waals surface area contributed by atoms with Crippen molar-refractivity contribution in [3.05, 3.63) is 65.5 Å². The Hall–Kier alpha value is -2.16. The molecule has 2 rings (SSSR count). The van der Waals surface area contributed by atoms with Crippen molar-refractivity contribution in [3.63, 3.8) is 0 Å². The minimum Gasteiger partial charge on any atom is -0.364 e. The minimum atomic E-state index is -0.288. The molecule has 0 radical (unpaired) electrons. The van der Waals surface area contributed by atoms with E-state index in [0.717, 1.165) is 11.3 Å². The van der Waals surface area contributed by atoms with E-state index in [2.05, 4.69) is 0 Å². The van der Waals surface area contributed by atoms with E-state index in [-0.39, 0.29) is 18.1 Å². The van der Waals surface area contributed by atoms with Crippen LogP contribution in [0.15, 0.2) is 48.5 Å². The molecule has 2 aromatic rings.